The number of rotatable bonds is 9. The molecule has 0 heterocycles. The van der Waals surface area contributed by atoms with Crippen LogP contribution >= 0.6 is 0 Å². The molecule has 3 nitrogen and oxygen atoms in total. The van der Waals surface area contributed by atoms with Gasteiger partial charge in [-0.25, -0.2) is 0 Å². The van der Waals surface area contributed by atoms with Crippen molar-refractivity contribution in [3.63, 3.8) is 0 Å². The monoisotopic (exact) mass is 256 g/mol. The van der Waals surface area contributed by atoms with Crippen LogP contribution in [0.25, 0.3) is 0 Å². The molecule has 0 aromatic heterocycles. The van der Waals surface area contributed by atoms with Crippen molar-refractivity contribution in [3.8, 4) is 0 Å². The van der Waals surface area contributed by atoms with Crippen molar-refractivity contribution in [3.05, 3.63) is 0 Å². The van der Waals surface area contributed by atoms with Crippen LogP contribution in [0.15, 0.2) is 0 Å². The lowest BCUT2D eigenvalue weighted by atomic mass is 9.88. The molecule has 1 aliphatic carbocycles. The third kappa shape index (κ3) is 5.25. The van der Waals surface area contributed by atoms with E-state index < -0.39 is 0 Å². The quantitative estimate of drug-likeness (QED) is 0.623. The second-order valence-corrected chi connectivity index (χ2v) is 5.99. The smallest absolute Gasteiger partial charge is 0.0724 e. The molecule has 1 fully saturated rings. The van der Waals surface area contributed by atoms with Gasteiger partial charge in [0.25, 0.3) is 0 Å². The molecule has 1 aliphatic rings. The van der Waals surface area contributed by atoms with Gasteiger partial charge in [0.05, 0.1) is 6.10 Å². The summed E-state index contributed by atoms with van der Waals surface area (Å²) in [4.78, 5) is 0. The van der Waals surface area contributed by atoms with Gasteiger partial charge in [0.2, 0.25) is 0 Å². The number of hydrogen-bond acceptors (Lipinski definition) is 3. The second kappa shape index (κ2) is 8.89. The largest absolute Gasteiger partial charge is 0.380 e. The standard InChI is InChI=1S/C15H32N2O/c1-12(2)13(9-10-16)6-5-11-17-14-7-4-8-15(14)18-3/h12-15,17H,4-11,16H2,1-3H3. The van der Waals surface area contributed by atoms with E-state index in [2.05, 4.69) is 19.2 Å². The van der Waals surface area contributed by atoms with Crippen molar-refractivity contribution in [1.29, 1.82) is 0 Å². The Labute approximate surface area is 113 Å². The first kappa shape index (κ1) is 15.9. The minimum Gasteiger partial charge on any atom is -0.380 e. The molecular weight excluding hydrogens is 224 g/mol. The zero-order valence-corrected chi connectivity index (χ0v) is 12.5. The normalized spacial score (nSPS) is 25.8. The lowest BCUT2D eigenvalue weighted by Crippen LogP contribution is -2.37. The number of nitrogens with two attached hydrogens (primary N) is 1. The highest BCUT2D eigenvalue weighted by atomic mass is 16.5. The Kier molecular flexibility index (Phi) is 7.87. The van der Waals surface area contributed by atoms with Gasteiger partial charge in [0, 0.05) is 13.2 Å². The van der Waals surface area contributed by atoms with Crippen molar-refractivity contribution >= 4 is 0 Å². The van der Waals surface area contributed by atoms with Crippen LogP contribution in [-0.4, -0.2) is 32.3 Å². The molecule has 1 saturated carbocycles. The third-order valence-electron chi connectivity index (χ3n) is 4.39. The maximum absolute atomic E-state index is 5.68. The molecule has 3 unspecified atom stereocenters. The number of methoxy groups -OCH3 is 1. The minimum absolute atomic E-state index is 0.440. The molecule has 0 bridgehead atoms. The molecule has 3 N–H and O–H groups in total. The summed E-state index contributed by atoms with van der Waals surface area (Å²) in [6.45, 7) is 6.57. The fraction of sp³-hybridized carbons (Fsp3) is 1.00. The van der Waals surface area contributed by atoms with Gasteiger partial charge in [-0.1, -0.05) is 13.8 Å². The Hall–Kier alpha value is -0.120. The Morgan fingerprint density at radius 2 is 2.06 bits per heavy atom. The van der Waals surface area contributed by atoms with Crippen LogP contribution in [-0.2, 0) is 4.74 Å². The van der Waals surface area contributed by atoms with Gasteiger partial charge in [-0.3, -0.25) is 0 Å². The lowest BCUT2D eigenvalue weighted by Gasteiger charge is -2.22. The summed E-state index contributed by atoms with van der Waals surface area (Å²) in [7, 11) is 1.83. The van der Waals surface area contributed by atoms with Gasteiger partial charge in [0.15, 0.2) is 0 Å². The van der Waals surface area contributed by atoms with Crippen LogP contribution in [0, 0.1) is 11.8 Å². The third-order valence-corrected chi connectivity index (χ3v) is 4.39. The molecular formula is C15H32N2O. The van der Waals surface area contributed by atoms with Crippen molar-refractivity contribution in [2.24, 2.45) is 17.6 Å². The van der Waals surface area contributed by atoms with E-state index in [1.807, 2.05) is 7.11 Å². The van der Waals surface area contributed by atoms with Crippen molar-refractivity contribution in [2.45, 2.75) is 64.5 Å². The summed E-state index contributed by atoms with van der Waals surface area (Å²) >= 11 is 0. The highest BCUT2D eigenvalue weighted by molar-refractivity contribution is 4.83. The first-order chi connectivity index (χ1) is 8.69. The fourth-order valence-electron chi connectivity index (χ4n) is 3.12. The SMILES string of the molecule is COC1CCCC1NCCCC(CCN)C(C)C. The summed E-state index contributed by atoms with van der Waals surface area (Å²) < 4.78 is 5.50. The van der Waals surface area contributed by atoms with Gasteiger partial charge < -0.3 is 15.8 Å². The Morgan fingerprint density at radius 3 is 2.67 bits per heavy atom. The van der Waals surface area contributed by atoms with Gasteiger partial charge in [-0.2, -0.15) is 0 Å². The molecule has 0 spiro atoms. The van der Waals surface area contributed by atoms with Crippen LogP contribution in [0.3, 0.4) is 0 Å². The van der Waals surface area contributed by atoms with Crippen LogP contribution in [0.2, 0.25) is 0 Å². The average molecular weight is 256 g/mol. The first-order valence-electron chi connectivity index (χ1n) is 7.65. The molecule has 0 amide bonds. The van der Waals surface area contributed by atoms with Crippen molar-refractivity contribution in [1.82, 2.24) is 5.32 Å². The van der Waals surface area contributed by atoms with E-state index >= 15 is 0 Å². The average Bonchev–Trinajstić information content (AvgIpc) is 2.80. The number of nitrogens with one attached hydrogen (secondary N) is 1. The van der Waals surface area contributed by atoms with Gasteiger partial charge >= 0.3 is 0 Å². The molecule has 1 rings (SSSR count). The predicted molar refractivity (Wildman–Crippen MR) is 77.7 cm³/mol. The zero-order valence-electron chi connectivity index (χ0n) is 12.5. The molecule has 3 heteroatoms. The predicted octanol–water partition coefficient (Wildman–Crippen LogP) is 2.54. The molecule has 0 saturated heterocycles. The van der Waals surface area contributed by atoms with Crippen LogP contribution in [0.4, 0.5) is 0 Å². The van der Waals surface area contributed by atoms with E-state index in [4.69, 9.17) is 10.5 Å². The molecule has 18 heavy (non-hydrogen) atoms. The van der Waals surface area contributed by atoms with Gasteiger partial charge in [-0.05, 0) is 63.5 Å². The summed E-state index contributed by atoms with van der Waals surface area (Å²) in [5, 5.41) is 3.66. The van der Waals surface area contributed by atoms with E-state index in [-0.39, 0.29) is 0 Å². The Morgan fingerprint density at radius 1 is 1.28 bits per heavy atom. The first-order valence-corrected chi connectivity index (χ1v) is 7.65. The highest BCUT2D eigenvalue weighted by Gasteiger charge is 2.26. The van der Waals surface area contributed by atoms with Gasteiger partial charge in [0.1, 0.15) is 0 Å². The summed E-state index contributed by atoms with van der Waals surface area (Å²) in [5.74, 6) is 1.55. The molecule has 0 radical (unpaired) electrons. The van der Waals surface area contributed by atoms with E-state index in [1.165, 1.54) is 38.5 Å². The molecule has 108 valence electrons. The van der Waals surface area contributed by atoms with Crippen molar-refractivity contribution < 1.29 is 4.74 Å². The van der Waals surface area contributed by atoms with Crippen LogP contribution in [0.5, 0.6) is 0 Å². The highest BCUT2D eigenvalue weighted by Crippen LogP contribution is 2.22. The molecule has 0 aromatic rings. The zero-order chi connectivity index (χ0) is 13.4. The Balaban J connectivity index is 2.13. The second-order valence-electron chi connectivity index (χ2n) is 5.99. The lowest BCUT2D eigenvalue weighted by molar-refractivity contribution is 0.0850. The van der Waals surface area contributed by atoms with Crippen LogP contribution in [0.1, 0.15) is 52.4 Å². The van der Waals surface area contributed by atoms with Crippen LogP contribution < -0.4 is 11.1 Å². The summed E-state index contributed by atoms with van der Waals surface area (Å²) in [6, 6.07) is 0.585. The number of hydrogen-bond donors (Lipinski definition) is 2. The molecule has 0 aliphatic heterocycles. The maximum atomic E-state index is 5.68. The van der Waals surface area contributed by atoms with E-state index in [0.29, 0.717) is 12.1 Å². The molecule has 0 aromatic carbocycles. The minimum atomic E-state index is 0.440. The van der Waals surface area contributed by atoms with E-state index in [1.54, 1.807) is 0 Å². The topological polar surface area (TPSA) is 47.3 Å². The summed E-state index contributed by atoms with van der Waals surface area (Å²) in [5.41, 5.74) is 5.68. The maximum Gasteiger partial charge on any atom is 0.0724 e. The van der Waals surface area contributed by atoms with Gasteiger partial charge in [-0.15, -0.1) is 0 Å². The Bertz CT molecular complexity index is 205. The summed E-state index contributed by atoms with van der Waals surface area (Å²) in [6.07, 6.45) is 7.96. The fourth-order valence-corrected chi connectivity index (χ4v) is 3.12. The van der Waals surface area contributed by atoms with E-state index in [9.17, 15) is 0 Å². The number of ether oxygens (including phenoxy) is 1. The van der Waals surface area contributed by atoms with E-state index in [0.717, 1.165) is 24.9 Å². The molecule has 3 atom stereocenters. The van der Waals surface area contributed by atoms with Crippen molar-refractivity contribution in [2.75, 3.05) is 20.2 Å².